The summed E-state index contributed by atoms with van der Waals surface area (Å²) in [4.78, 5) is 26.0. The predicted molar refractivity (Wildman–Crippen MR) is 113 cm³/mol. The van der Waals surface area contributed by atoms with Gasteiger partial charge in [0.1, 0.15) is 6.04 Å². The molecule has 0 radical (unpaired) electrons. The molecule has 0 N–H and O–H groups in total. The molecule has 1 aliphatic heterocycles. The lowest BCUT2D eigenvalue weighted by molar-refractivity contribution is -0.138. The summed E-state index contributed by atoms with van der Waals surface area (Å²) < 4.78 is 32.4. The smallest absolute Gasteiger partial charge is 0.335 e. The average molecular weight is 478 g/mol. The van der Waals surface area contributed by atoms with E-state index < -0.39 is 33.9 Å². The van der Waals surface area contributed by atoms with Crippen LogP contribution in [0.3, 0.4) is 0 Å². The standard InChI is InChI=1S/C21H20BrNO5S/c1-3-28-21(25)16-13-18(15-11-7-8-12-17(15)22)23(29(2,26)27)19(16)20(24)14-9-5-4-6-10-14/h4-13,18-19H,3H2,1-2H3. The highest BCUT2D eigenvalue weighted by atomic mass is 79.9. The van der Waals surface area contributed by atoms with Gasteiger partial charge in [-0.3, -0.25) is 4.79 Å². The Labute approximate surface area is 178 Å². The summed E-state index contributed by atoms with van der Waals surface area (Å²) in [7, 11) is -3.87. The number of benzene rings is 2. The first-order valence-electron chi connectivity index (χ1n) is 8.96. The lowest BCUT2D eigenvalue weighted by Crippen LogP contribution is -2.44. The van der Waals surface area contributed by atoms with Crippen molar-refractivity contribution in [3.8, 4) is 0 Å². The summed E-state index contributed by atoms with van der Waals surface area (Å²) >= 11 is 3.44. The van der Waals surface area contributed by atoms with Crippen LogP contribution in [-0.2, 0) is 19.6 Å². The maximum Gasteiger partial charge on any atom is 0.335 e. The molecule has 0 saturated carbocycles. The number of ketones is 1. The van der Waals surface area contributed by atoms with Gasteiger partial charge in [-0.15, -0.1) is 0 Å². The van der Waals surface area contributed by atoms with Crippen molar-refractivity contribution in [2.45, 2.75) is 19.0 Å². The van der Waals surface area contributed by atoms with Gasteiger partial charge in [-0.1, -0.05) is 64.5 Å². The Kier molecular flexibility index (Phi) is 6.36. The van der Waals surface area contributed by atoms with E-state index in [0.717, 1.165) is 10.6 Å². The first kappa shape index (κ1) is 21.4. The van der Waals surface area contributed by atoms with Gasteiger partial charge in [0, 0.05) is 10.0 Å². The lowest BCUT2D eigenvalue weighted by atomic mass is 9.99. The van der Waals surface area contributed by atoms with Gasteiger partial charge in [-0.2, -0.15) is 4.31 Å². The number of ether oxygens (including phenoxy) is 1. The van der Waals surface area contributed by atoms with Gasteiger partial charge in [0.25, 0.3) is 0 Å². The molecule has 152 valence electrons. The molecule has 6 nitrogen and oxygen atoms in total. The number of carbonyl (C=O) groups is 2. The fraction of sp³-hybridized carbons (Fsp3) is 0.238. The van der Waals surface area contributed by atoms with Crippen LogP contribution < -0.4 is 0 Å². The summed E-state index contributed by atoms with van der Waals surface area (Å²) in [5.41, 5.74) is 0.962. The molecule has 2 atom stereocenters. The van der Waals surface area contributed by atoms with Crippen molar-refractivity contribution < 1.29 is 22.7 Å². The summed E-state index contributed by atoms with van der Waals surface area (Å²) in [6.45, 7) is 1.77. The minimum atomic E-state index is -3.87. The second kappa shape index (κ2) is 8.61. The summed E-state index contributed by atoms with van der Waals surface area (Å²) in [6.07, 6.45) is 2.54. The van der Waals surface area contributed by atoms with Gasteiger partial charge in [0.05, 0.1) is 24.5 Å². The van der Waals surface area contributed by atoms with Crippen molar-refractivity contribution in [1.29, 1.82) is 0 Å². The van der Waals surface area contributed by atoms with Gasteiger partial charge < -0.3 is 4.74 Å². The Hall–Kier alpha value is -2.29. The number of nitrogens with zero attached hydrogens (tertiary/aromatic N) is 1. The van der Waals surface area contributed by atoms with Gasteiger partial charge in [0.15, 0.2) is 5.78 Å². The molecule has 2 unspecified atom stereocenters. The van der Waals surface area contributed by atoms with Gasteiger partial charge >= 0.3 is 5.97 Å². The second-order valence-electron chi connectivity index (χ2n) is 6.53. The van der Waals surface area contributed by atoms with E-state index in [9.17, 15) is 18.0 Å². The zero-order valence-corrected chi connectivity index (χ0v) is 18.3. The quantitative estimate of drug-likeness (QED) is 0.469. The zero-order chi connectivity index (χ0) is 21.2. The number of sulfonamides is 1. The van der Waals surface area contributed by atoms with Crippen LogP contribution >= 0.6 is 15.9 Å². The third-order valence-electron chi connectivity index (χ3n) is 4.59. The van der Waals surface area contributed by atoms with E-state index >= 15 is 0 Å². The first-order valence-corrected chi connectivity index (χ1v) is 11.6. The summed E-state index contributed by atoms with van der Waals surface area (Å²) in [5, 5.41) is 0. The Balaban J connectivity index is 2.19. The fourth-order valence-electron chi connectivity index (χ4n) is 3.38. The van der Waals surface area contributed by atoms with Crippen LogP contribution in [0.25, 0.3) is 0 Å². The minimum Gasteiger partial charge on any atom is -0.463 e. The molecular weight excluding hydrogens is 458 g/mol. The lowest BCUT2D eigenvalue weighted by Gasteiger charge is -2.29. The van der Waals surface area contributed by atoms with Crippen LogP contribution in [0.15, 0.2) is 70.7 Å². The number of hydrogen-bond acceptors (Lipinski definition) is 5. The van der Waals surface area contributed by atoms with Crippen LogP contribution in [0.1, 0.15) is 28.9 Å². The Morgan fingerprint density at radius 3 is 2.28 bits per heavy atom. The topological polar surface area (TPSA) is 80.8 Å². The predicted octanol–water partition coefficient (Wildman–Crippen LogP) is 3.51. The highest BCUT2D eigenvalue weighted by Gasteiger charge is 2.48. The second-order valence-corrected chi connectivity index (χ2v) is 9.28. The van der Waals surface area contributed by atoms with Gasteiger partial charge in [0.2, 0.25) is 10.0 Å². The minimum absolute atomic E-state index is 0.0203. The molecule has 8 heteroatoms. The van der Waals surface area contributed by atoms with Crippen LogP contribution in [0.5, 0.6) is 0 Å². The normalized spacial score (nSPS) is 19.6. The number of hydrogen-bond donors (Lipinski definition) is 0. The maximum atomic E-state index is 13.3. The van der Waals surface area contributed by atoms with Crippen molar-refractivity contribution in [3.63, 3.8) is 0 Å². The molecule has 2 aromatic carbocycles. The van der Waals surface area contributed by atoms with Crippen molar-refractivity contribution in [2.24, 2.45) is 0 Å². The molecule has 0 aliphatic carbocycles. The molecule has 2 aromatic rings. The Bertz CT molecular complexity index is 1070. The molecule has 3 rings (SSSR count). The van der Waals surface area contributed by atoms with E-state index in [1.54, 1.807) is 61.5 Å². The third-order valence-corrected chi connectivity index (χ3v) is 6.51. The molecule has 0 spiro atoms. The molecule has 0 saturated heterocycles. The molecule has 1 aliphatic rings. The van der Waals surface area contributed by atoms with Gasteiger partial charge in [-0.05, 0) is 24.6 Å². The molecule has 1 heterocycles. The Morgan fingerprint density at radius 2 is 1.69 bits per heavy atom. The molecule has 0 aromatic heterocycles. The van der Waals surface area contributed by atoms with Crippen molar-refractivity contribution in [1.82, 2.24) is 4.31 Å². The number of Topliss-reactive ketones (excluding diaryl/α,β-unsaturated/α-hetero) is 1. The van der Waals surface area contributed by atoms with Crippen molar-refractivity contribution in [2.75, 3.05) is 12.9 Å². The highest BCUT2D eigenvalue weighted by molar-refractivity contribution is 9.10. The average Bonchev–Trinajstić information content (AvgIpc) is 3.09. The molecule has 0 amide bonds. The fourth-order valence-corrected chi connectivity index (χ4v) is 5.08. The molecule has 0 bridgehead atoms. The molecule has 0 fully saturated rings. The van der Waals surface area contributed by atoms with E-state index in [0.29, 0.717) is 15.6 Å². The number of carbonyl (C=O) groups excluding carboxylic acids is 2. The van der Waals surface area contributed by atoms with E-state index in [4.69, 9.17) is 4.74 Å². The molecule has 29 heavy (non-hydrogen) atoms. The number of esters is 1. The maximum absolute atomic E-state index is 13.3. The third kappa shape index (κ3) is 4.34. The number of halogens is 1. The van der Waals surface area contributed by atoms with Crippen molar-refractivity contribution in [3.05, 3.63) is 81.8 Å². The highest BCUT2D eigenvalue weighted by Crippen LogP contribution is 2.41. The van der Waals surface area contributed by atoms with Crippen LogP contribution in [-0.4, -0.2) is 43.4 Å². The summed E-state index contributed by atoms with van der Waals surface area (Å²) in [5.74, 6) is -1.19. The van der Waals surface area contributed by atoms with Gasteiger partial charge in [-0.25, -0.2) is 13.2 Å². The van der Waals surface area contributed by atoms with E-state index in [1.165, 1.54) is 6.08 Å². The summed E-state index contributed by atoms with van der Waals surface area (Å²) in [6, 6.07) is 13.3. The van der Waals surface area contributed by atoms with Crippen LogP contribution in [0, 0.1) is 0 Å². The monoisotopic (exact) mass is 477 g/mol. The molecular formula is C21H20BrNO5S. The van der Waals surface area contributed by atoms with Crippen LogP contribution in [0.2, 0.25) is 0 Å². The van der Waals surface area contributed by atoms with Crippen LogP contribution in [0.4, 0.5) is 0 Å². The largest absolute Gasteiger partial charge is 0.463 e. The van der Waals surface area contributed by atoms with Crippen molar-refractivity contribution >= 4 is 37.7 Å². The van der Waals surface area contributed by atoms with E-state index in [1.807, 2.05) is 0 Å². The SMILES string of the molecule is CCOC(=O)C1=CC(c2ccccc2Br)N(S(C)(=O)=O)C1C(=O)c1ccccc1. The zero-order valence-electron chi connectivity index (χ0n) is 15.9. The number of rotatable bonds is 6. The first-order chi connectivity index (χ1) is 13.8. The Morgan fingerprint density at radius 1 is 1.07 bits per heavy atom. The van der Waals surface area contributed by atoms with E-state index in [-0.39, 0.29) is 12.2 Å². The van der Waals surface area contributed by atoms with E-state index in [2.05, 4.69) is 15.9 Å².